The molecule has 1 saturated heterocycles. The third kappa shape index (κ3) is 6.70. The van der Waals surface area contributed by atoms with Gasteiger partial charge in [0.1, 0.15) is 0 Å². The zero-order valence-corrected chi connectivity index (χ0v) is 19.4. The van der Waals surface area contributed by atoms with Gasteiger partial charge in [-0.2, -0.15) is 0 Å². The molecular formula is C19H41IN4. The normalized spacial score (nSPS) is 19.0. The van der Waals surface area contributed by atoms with Crippen molar-refractivity contribution >= 4 is 29.9 Å². The van der Waals surface area contributed by atoms with Gasteiger partial charge in [-0.3, -0.25) is 4.99 Å². The number of guanidine groups is 1. The van der Waals surface area contributed by atoms with E-state index < -0.39 is 0 Å². The first-order valence-electron chi connectivity index (χ1n) is 9.43. The second-order valence-corrected chi connectivity index (χ2v) is 8.34. The molecule has 0 spiro atoms. The zero-order valence-electron chi connectivity index (χ0n) is 17.1. The van der Waals surface area contributed by atoms with E-state index in [0.29, 0.717) is 5.41 Å². The fourth-order valence-electron chi connectivity index (χ4n) is 3.05. The lowest BCUT2D eigenvalue weighted by molar-refractivity contribution is -0.0667. The molecule has 0 unspecified atom stereocenters. The number of likely N-dealkylation sites (tertiary alicyclic amines) is 1. The molecule has 144 valence electrons. The lowest BCUT2D eigenvalue weighted by Gasteiger charge is -2.62. The standard InChI is InChI=1S/C19H40N4.HI/c1-8-20-17(23-16-18(2,3)19(23,4)5)21-14-12-10-9-11-13-15-22(6)7;/h8-16H2,1-7H3,(H,20,21);1H. The van der Waals surface area contributed by atoms with Gasteiger partial charge in [-0.15, -0.1) is 24.0 Å². The molecule has 0 saturated carbocycles. The number of aliphatic imine (C=N–C) groups is 1. The minimum absolute atomic E-state index is 0. The van der Waals surface area contributed by atoms with Crippen molar-refractivity contribution in [3.05, 3.63) is 0 Å². The van der Waals surface area contributed by atoms with Crippen LogP contribution in [0.25, 0.3) is 0 Å². The molecule has 1 fully saturated rings. The predicted octanol–water partition coefficient (Wildman–Crippen LogP) is 4.20. The van der Waals surface area contributed by atoms with Crippen LogP contribution in [0.4, 0.5) is 0 Å². The smallest absolute Gasteiger partial charge is 0.194 e. The quantitative estimate of drug-likeness (QED) is 0.246. The number of hydrogen-bond acceptors (Lipinski definition) is 2. The van der Waals surface area contributed by atoms with Crippen LogP contribution in [0.15, 0.2) is 4.99 Å². The molecule has 0 atom stereocenters. The Labute approximate surface area is 167 Å². The first kappa shape index (κ1) is 24.0. The SMILES string of the molecule is CCNC(=NCCCCCCCN(C)C)N1CC(C)(C)C1(C)C.I. The Kier molecular flexibility index (Phi) is 10.8. The topological polar surface area (TPSA) is 30.9 Å². The average molecular weight is 452 g/mol. The van der Waals surface area contributed by atoms with E-state index in [1.165, 1.54) is 38.6 Å². The van der Waals surface area contributed by atoms with Crippen LogP contribution >= 0.6 is 24.0 Å². The average Bonchev–Trinajstić information content (AvgIpc) is 2.46. The van der Waals surface area contributed by atoms with E-state index in [1.54, 1.807) is 0 Å². The molecular weight excluding hydrogens is 411 g/mol. The van der Waals surface area contributed by atoms with Gasteiger partial charge in [0.15, 0.2) is 5.96 Å². The van der Waals surface area contributed by atoms with Crippen LogP contribution in [0, 0.1) is 5.41 Å². The Morgan fingerprint density at radius 1 is 1.04 bits per heavy atom. The van der Waals surface area contributed by atoms with Gasteiger partial charge in [0.25, 0.3) is 0 Å². The number of hydrogen-bond donors (Lipinski definition) is 1. The largest absolute Gasteiger partial charge is 0.356 e. The summed E-state index contributed by atoms with van der Waals surface area (Å²) in [5.41, 5.74) is 0.538. The predicted molar refractivity (Wildman–Crippen MR) is 118 cm³/mol. The van der Waals surface area contributed by atoms with Gasteiger partial charge in [-0.1, -0.05) is 33.1 Å². The summed E-state index contributed by atoms with van der Waals surface area (Å²) >= 11 is 0. The molecule has 4 nitrogen and oxygen atoms in total. The summed E-state index contributed by atoms with van der Waals surface area (Å²) in [6, 6.07) is 0. The molecule has 1 heterocycles. The van der Waals surface area contributed by atoms with E-state index in [2.05, 4.69) is 63.8 Å². The van der Waals surface area contributed by atoms with Crippen LogP contribution in [0.1, 0.15) is 66.7 Å². The van der Waals surface area contributed by atoms with Gasteiger partial charge in [0, 0.05) is 30.6 Å². The van der Waals surface area contributed by atoms with Crippen LogP contribution in [-0.2, 0) is 0 Å². The van der Waals surface area contributed by atoms with Crippen molar-refractivity contribution in [2.45, 2.75) is 72.3 Å². The first-order valence-corrected chi connectivity index (χ1v) is 9.43. The van der Waals surface area contributed by atoms with Crippen molar-refractivity contribution in [2.75, 3.05) is 40.3 Å². The van der Waals surface area contributed by atoms with E-state index in [-0.39, 0.29) is 29.5 Å². The molecule has 0 aromatic heterocycles. The highest BCUT2D eigenvalue weighted by Crippen LogP contribution is 2.46. The minimum Gasteiger partial charge on any atom is -0.356 e. The summed E-state index contributed by atoms with van der Waals surface area (Å²) in [6.07, 6.45) is 6.49. The Hall–Kier alpha value is -0.0400. The van der Waals surface area contributed by atoms with Crippen molar-refractivity contribution in [2.24, 2.45) is 10.4 Å². The van der Waals surface area contributed by atoms with Crippen molar-refractivity contribution in [1.82, 2.24) is 15.1 Å². The molecule has 24 heavy (non-hydrogen) atoms. The van der Waals surface area contributed by atoms with Crippen molar-refractivity contribution in [3.63, 3.8) is 0 Å². The van der Waals surface area contributed by atoms with E-state index in [4.69, 9.17) is 4.99 Å². The zero-order chi connectivity index (χ0) is 17.5. The maximum atomic E-state index is 4.87. The second kappa shape index (κ2) is 10.8. The molecule has 0 aromatic carbocycles. The summed E-state index contributed by atoms with van der Waals surface area (Å²) < 4.78 is 0. The number of nitrogens with one attached hydrogen (secondary N) is 1. The van der Waals surface area contributed by atoms with E-state index in [1.807, 2.05) is 0 Å². The summed E-state index contributed by atoms with van der Waals surface area (Å²) in [7, 11) is 4.30. The molecule has 1 N–H and O–H groups in total. The van der Waals surface area contributed by atoms with Crippen LogP contribution in [0.3, 0.4) is 0 Å². The van der Waals surface area contributed by atoms with Crippen molar-refractivity contribution in [3.8, 4) is 0 Å². The van der Waals surface area contributed by atoms with E-state index in [9.17, 15) is 0 Å². The molecule has 1 aliphatic rings. The highest BCUT2D eigenvalue weighted by molar-refractivity contribution is 14.0. The van der Waals surface area contributed by atoms with E-state index >= 15 is 0 Å². The van der Waals surface area contributed by atoms with Gasteiger partial charge < -0.3 is 15.1 Å². The molecule has 0 aromatic rings. The molecule has 0 amide bonds. The summed E-state index contributed by atoms with van der Waals surface area (Å²) in [5, 5.41) is 3.47. The fourth-order valence-corrected chi connectivity index (χ4v) is 3.05. The monoisotopic (exact) mass is 452 g/mol. The van der Waals surface area contributed by atoms with Gasteiger partial charge in [0.2, 0.25) is 0 Å². The van der Waals surface area contributed by atoms with Crippen molar-refractivity contribution < 1.29 is 0 Å². The third-order valence-electron chi connectivity index (χ3n) is 5.50. The van der Waals surface area contributed by atoms with Gasteiger partial charge in [-0.05, 0) is 54.3 Å². The molecule has 0 aliphatic carbocycles. The number of nitrogens with zero attached hydrogens (tertiary/aromatic N) is 3. The van der Waals surface area contributed by atoms with Crippen molar-refractivity contribution in [1.29, 1.82) is 0 Å². The van der Waals surface area contributed by atoms with Gasteiger partial charge >= 0.3 is 0 Å². The number of halogens is 1. The second-order valence-electron chi connectivity index (χ2n) is 8.34. The highest BCUT2D eigenvalue weighted by Gasteiger charge is 2.53. The number of unbranched alkanes of at least 4 members (excludes halogenated alkanes) is 4. The Morgan fingerprint density at radius 3 is 2.12 bits per heavy atom. The summed E-state index contributed by atoms with van der Waals surface area (Å²) in [4.78, 5) is 9.57. The van der Waals surface area contributed by atoms with Crippen LogP contribution in [0.5, 0.6) is 0 Å². The van der Waals surface area contributed by atoms with Gasteiger partial charge in [-0.25, -0.2) is 0 Å². The van der Waals surface area contributed by atoms with Crippen LogP contribution in [0.2, 0.25) is 0 Å². The maximum Gasteiger partial charge on any atom is 0.194 e. The molecule has 0 radical (unpaired) electrons. The van der Waals surface area contributed by atoms with Crippen LogP contribution in [-0.4, -0.2) is 61.6 Å². The third-order valence-corrected chi connectivity index (χ3v) is 5.50. The Balaban J connectivity index is 0.00000529. The van der Waals surface area contributed by atoms with Gasteiger partial charge in [0.05, 0.1) is 0 Å². The van der Waals surface area contributed by atoms with Crippen LogP contribution < -0.4 is 5.32 Å². The minimum atomic E-state index is 0. The summed E-state index contributed by atoms with van der Waals surface area (Å²) in [6.45, 7) is 15.7. The maximum absolute atomic E-state index is 4.87. The Bertz CT molecular complexity index is 378. The highest BCUT2D eigenvalue weighted by atomic mass is 127. The number of rotatable bonds is 9. The van der Waals surface area contributed by atoms with E-state index in [0.717, 1.165) is 25.6 Å². The Morgan fingerprint density at radius 2 is 1.62 bits per heavy atom. The molecule has 1 aliphatic heterocycles. The lowest BCUT2D eigenvalue weighted by Crippen LogP contribution is -2.72. The lowest BCUT2D eigenvalue weighted by atomic mass is 9.65. The molecule has 1 rings (SSSR count). The fraction of sp³-hybridized carbons (Fsp3) is 0.947. The molecule has 0 bridgehead atoms. The first-order chi connectivity index (χ1) is 10.7. The summed E-state index contributed by atoms with van der Waals surface area (Å²) in [5.74, 6) is 1.10. The molecule has 5 heteroatoms.